The standard InChI is InChI=1S/C16H8ClF3O/c17-15(21)14-10-5-2-1-4-9(10)8-12-11(14)6-3-7-13(12)16(18,19)20/h1-8H. The van der Waals surface area contributed by atoms with Gasteiger partial charge in [-0.1, -0.05) is 36.4 Å². The summed E-state index contributed by atoms with van der Waals surface area (Å²) < 4.78 is 39.4. The molecule has 0 fully saturated rings. The van der Waals surface area contributed by atoms with Crippen LogP contribution in [-0.2, 0) is 6.18 Å². The number of carbonyl (C=O) groups excluding carboxylic acids is 1. The molecule has 0 amide bonds. The van der Waals surface area contributed by atoms with E-state index in [0.717, 1.165) is 6.07 Å². The zero-order valence-electron chi connectivity index (χ0n) is 10.5. The third-order valence-corrected chi connectivity index (χ3v) is 3.60. The van der Waals surface area contributed by atoms with Crippen LogP contribution in [0.25, 0.3) is 21.5 Å². The second-order valence-corrected chi connectivity index (χ2v) is 4.99. The van der Waals surface area contributed by atoms with E-state index in [4.69, 9.17) is 11.6 Å². The Morgan fingerprint density at radius 2 is 1.57 bits per heavy atom. The summed E-state index contributed by atoms with van der Waals surface area (Å²) in [4.78, 5) is 11.7. The van der Waals surface area contributed by atoms with Crippen molar-refractivity contribution < 1.29 is 18.0 Å². The van der Waals surface area contributed by atoms with Crippen LogP contribution in [0.3, 0.4) is 0 Å². The average Bonchev–Trinajstić information content (AvgIpc) is 2.42. The molecular weight excluding hydrogens is 301 g/mol. The Balaban J connectivity index is 2.57. The van der Waals surface area contributed by atoms with E-state index in [1.54, 1.807) is 24.3 Å². The topological polar surface area (TPSA) is 17.1 Å². The van der Waals surface area contributed by atoms with Crippen LogP contribution in [0.5, 0.6) is 0 Å². The van der Waals surface area contributed by atoms with Crippen LogP contribution in [0.2, 0.25) is 0 Å². The number of benzene rings is 3. The van der Waals surface area contributed by atoms with Gasteiger partial charge in [0.2, 0.25) is 0 Å². The molecule has 3 aromatic rings. The van der Waals surface area contributed by atoms with E-state index in [2.05, 4.69) is 0 Å². The van der Waals surface area contributed by atoms with Crippen LogP contribution in [0.1, 0.15) is 15.9 Å². The molecule has 0 aliphatic carbocycles. The highest BCUT2D eigenvalue weighted by atomic mass is 35.5. The molecule has 0 radical (unpaired) electrons. The zero-order valence-corrected chi connectivity index (χ0v) is 11.3. The number of carbonyl (C=O) groups is 1. The fourth-order valence-electron chi connectivity index (χ4n) is 2.55. The molecule has 0 N–H and O–H groups in total. The molecule has 0 bridgehead atoms. The molecule has 0 saturated heterocycles. The minimum absolute atomic E-state index is 0.0206. The lowest BCUT2D eigenvalue weighted by molar-refractivity contribution is -0.136. The van der Waals surface area contributed by atoms with Gasteiger partial charge in [-0.25, -0.2) is 0 Å². The molecule has 0 heterocycles. The monoisotopic (exact) mass is 308 g/mol. The molecule has 106 valence electrons. The largest absolute Gasteiger partial charge is 0.417 e. The van der Waals surface area contributed by atoms with Gasteiger partial charge < -0.3 is 0 Å². The van der Waals surface area contributed by atoms with Crippen LogP contribution in [-0.4, -0.2) is 5.24 Å². The molecular formula is C16H8ClF3O. The maximum Gasteiger partial charge on any atom is 0.417 e. The summed E-state index contributed by atoms with van der Waals surface area (Å²) in [5.74, 6) is 0. The van der Waals surface area contributed by atoms with E-state index in [1.807, 2.05) is 0 Å². The highest BCUT2D eigenvalue weighted by Gasteiger charge is 2.33. The number of hydrogen-bond donors (Lipinski definition) is 0. The number of rotatable bonds is 1. The van der Waals surface area contributed by atoms with E-state index in [0.29, 0.717) is 10.8 Å². The fourth-order valence-corrected chi connectivity index (χ4v) is 2.75. The first-order chi connectivity index (χ1) is 9.89. The summed E-state index contributed by atoms with van der Waals surface area (Å²) in [7, 11) is 0. The molecule has 3 rings (SSSR count). The molecule has 0 aromatic heterocycles. The first kappa shape index (κ1) is 13.9. The quantitative estimate of drug-likeness (QED) is 0.435. The summed E-state index contributed by atoms with van der Waals surface area (Å²) in [6.07, 6.45) is -4.49. The predicted molar refractivity (Wildman–Crippen MR) is 76.6 cm³/mol. The first-order valence-corrected chi connectivity index (χ1v) is 6.49. The Bertz CT molecular complexity index is 868. The highest BCUT2D eigenvalue weighted by Crippen LogP contribution is 2.38. The molecule has 5 heteroatoms. The van der Waals surface area contributed by atoms with Gasteiger partial charge >= 0.3 is 6.18 Å². The molecule has 0 aliphatic rings. The lowest BCUT2D eigenvalue weighted by Crippen LogP contribution is -2.06. The molecule has 0 atom stereocenters. The van der Waals surface area contributed by atoms with Crippen molar-refractivity contribution in [2.24, 2.45) is 0 Å². The van der Waals surface area contributed by atoms with E-state index in [1.165, 1.54) is 18.2 Å². The van der Waals surface area contributed by atoms with Crippen molar-refractivity contribution in [3.63, 3.8) is 0 Å². The van der Waals surface area contributed by atoms with Crippen LogP contribution >= 0.6 is 11.6 Å². The van der Waals surface area contributed by atoms with Gasteiger partial charge in [-0.3, -0.25) is 4.79 Å². The van der Waals surface area contributed by atoms with E-state index >= 15 is 0 Å². The van der Waals surface area contributed by atoms with Crippen molar-refractivity contribution in [1.29, 1.82) is 0 Å². The number of halogens is 4. The van der Waals surface area contributed by atoms with Gasteiger partial charge in [0.1, 0.15) is 0 Å². The van der Waals surface area contributed by atoms with Crippen molar-refractivity contribution in [3.05, 3.63) is 59.7 Å². The lowest BCUT2D eigenvalue weighted by Gasteiger charge is -2.13. The normalized spacial score (nSPS) is 12.0. The van der Waals surface area contributed by atoms with Gasteiger partial charge in [0, 0.05) is 5.56 Å². The molecule has 0 aliphatic heterocycles. The number of fused-ring (bicyclic) bond motifs is 2. The van der Waals surface area contributed by atoms with Gasteiger partial charge in [0.15, 0.2) is 0 Å². The van der Waals surface area contributed by atoms with Crippen molar-refractivity contribution in [2.45, 2.75) is 6.18 Å². The number of hydrogen-bond acceptors (Lipinski definition) is 1. The minimum Gasteiger partial charge on any atom is -0.276 e. The third kappa shape index (κ3) is 2.25. The molecule has 21 heavy (non-hydrogen) atoms. The molecule has 0 saturated carbocycles. The maximum atomic E-state index is 13.1. The zero-order chi connectivity index (χ0) is 15.2. The Morgan fingerprint density at radius 1 is 0.905 bits per heavy atom. The summed E-state index contributed by atoms with van der Waals surface area (Å²) in [5.41, 5.74) is -0.666. The smallest absolute Gasteiger partial charge is 0.276 e. The second-order valence-electron chi connectivity index (χ2n) is 4.64. The lowest BCUT2D eigenvalue weighted by atomic mass is 9.94. The summed E-state index contributed by atoms with van der Waals surface area (Å²) in [6, 6.07) is 11.9. The van der Waals surface area contributed by atoms with Gasteiger partial charge in [-0.2, -0.15) is 13.2 Å². The van der Waals surface area contributed by atoms with Crippen LogP contribution in [0.4, 0.5) is 13.2 Å². The minimum atomic E-state index is -4.49. The van der Waals surface area contributed by atoms with Crippen LogP contribution in [0.15, 0.2) is 48.5 Å². The van der Waals surface area contributed by atoms with Crippen molar-refractivity contribution >= 4 is 38.4 Å². The molecule has 3 aromatic carbocycles. The van der Waals surface area contributed by atoms with E-state index in [9.17, 15) is 18.0 Å². The van der Waals surface area contributed by atoms with Crippen LogP contribution in [0, 0.1) is 0 Å². The number of alkyl halides is 3. The van der Waals surface area contributed by atoms with Crippen molar-refractivity contribution in [2.75, 3.05) is 0 Å². The highest BCUT2D eigenvalue weighted by molar-refractivity contribution is 6.69. The first-order valence-electron chi connectivity index (χ1n) is 6.11. The predicted octanol–water partition coefficient (Wildman–Crippen LogP) is 5.39. The molecule has 1 nitrogen and oxygen atoms in total. The second kappa shape index (κ2) is 4.74. The van der Waals surface area contributed by atoms with Gasteiger partial charge in [-0.15, -0.1) is 0 Å². The van der Waals surface area contributed by atoms with E-state index in [-0.39, 0.29) is 16.3 Å². The SMILES string of the molecule is O=C(Cl)c1c2ccccc2cc2c(C(F)(F)F)cccc12. The molecule has 0 unspecified atom stereocenters. The Kier molecular flexibility index (Phi) is 3.14. The summed E-state index contributed by atoms with van der Waals surface area (Å²) in [6.45, 7) is 0. The van der Waals surface area contributed by atoms with Crippen LogP contribution < -0.4 is 0 Å². The Hall–Kier alpha value is -2.07. The van der Waals surface area contributed by atoms with Gasteiger partial charge in [-0.05, 0) is 45.3 Å². The summed E-state index contributed by atoms with van der Waals surface area (Å²) >= 11 is 5.61. The van der Waals surface area contributed by atoms with Gasteiger partial charge in [0.25, 0.3) is 5.24 Å². The van der Waals surface area contributed by atoms with Gasteiger partial charge in [0.05, 0.1) is 5.56 Å². The Labute approximate surface area is 122 Å². The fraction of sp³-hybridized carbons (Fsp3) is 0.0625. The molecule has 0 spiro atoms. The summed E-state index contributed by atoms with van der Waals surface area (Å²) in [5, 5.41) is 0.516. The average molecular weight is 309 g/mol. The van der Waals surface area contributed by atoms with Crippen molar-refractivity contribution in [3.8, 4) is 0 Å². The van der Waals surface area contributed by atoms with Crippen molar-refractivity contribution in [1.82, 2.24) is 0 Å². The van der Waals surface area contributed by atoms with E-state index < -0.39 is 17.0 Å². The third-order valence-electron chi connectivity index (χ3n) is 3.41. The Morgan fingerprint density at radius 3 is 2.24 bits per heavy atom. The maximum absolute atomic E-state index is 13.1.